The smallest absolute Gasteiger partial charge is 0.191 e. The first-order chi connectivity index (χ1) is 9.86. The molecule has 0 aromatic rings. The highest BCUT2D eigenvalue weighted by atomic mass is 16.5. The number of guanidine groups is 1. The third-order valence-corrected chi connectivity index (χ3v) is 3.37. The van der Waals surface area contributed by atoms with Gasteiger partial charge in [-0.05, 0) is 19.3 Å². The Hall–Kier alpha value is -0.850. The zero-order valence-electron chi connectivity index (χ0n) is 13.0. The molecule has 0 aromatic carbocycles. The molecule has 0 aromatic heterocycles. The van der Waals surface area contributed by atoms with Crippen molar-refractivity contribution >= 4 is 5.96 Å². The predicted molar refractivity (Wildman–Crippen MR) is 82.4 cm³/mol. The number of ether oxygens (including phenoxy) is 2. The molecule has 0 unspecified atom stereocenters. The number of unbranched alkanes of at least 4 members (excludes halogenated alkanes) is 2. The van der Waals surface area contributed by atoms with Crippen LogP contribution in [0.4, 0.5) is 0 Å². The minimum Gasteiger partial charge on any atom is -0.385 e. The molecule has 0 bridgehead atoms. The van der Waals surface area contributed by atoms with Crippen molar-refractivity contribution in [2.24, 2.45) is 4.99 Å². The summed E-state index contributed by atoms with van der Waals surface area (Å²) in [7, 11) is 3.56. The van der Waals surface area contributed by atoms with Gasteiger partial charge in [-0.2, -0.15) is 0 Å². The van der Waals surface area contributed by atoms with Crippen LogP contribution in [-0.4, -0.2) is 77.6 Å². The molecule has 1 aliphatic heterocycles. The predicted octanol–water partition coefficient (Wildman–Crippen LogP) is 0.300. The van der Waals surface area contributed by atoms with E-state index in [4.69, 9.17) is 9.47 Å². The molecule has 1 fully saturated rings. The van der Waals surface area contributed by atoms with Crippen LogP contribution in [0, 0.1) is 0 Å². The van der Waals surface area contributed by atoms with Gasteiger partial charge in [0.2, 0.25) is 0 Å². The van der Waals surface area contributed by atoms with E-state index in [0.717, 1.165) is 71.3 Å². The summed E-state index contributed by atoms with van der Waals surface area (Å²) in [6.07, 6.45) is 3.46. The van der Waals surface area contributed by atoms with Gasteiger partial charge in [0.05, 0.1) is 13.2 Å². The average molecular weight is 286 g/mol. The van der Waals surface area contributed by atoms with Crippen molar-refractivity contribution in [2.75, 3.05) is 66.7 Å². The Morgan fingerprint density at radius 3 is 2.60 bits per heavy atom. The van der Waals surface area contributed by atoms with Crippen LogP contribution >= 0.6 is 0 Å². The second-order valence-electron chi connectivity index (χ2n) is 4.93. The van der Waals surface area contributed by atoms with Gasteiger partial charge in [-0.1, -0.05) is 0 Å². The van der Waals surface area contributed by atoms with Crippen LogP contribution in [-0.2, 0) is 9.47 Å². The van der Waals surface area contributed by atoms with E-state index in [2.05, 4.69) is 20.5 Å². The Bertz CT molecular complexity index is 256. The van der Waals surface area contributed by atoms with Crippen LogP contribution in [0.2, 0.25) is 0 Å². The van der Waals surface area contributed by atoms with E-state index in [0.29, 0.717) is 0 Å². The molecule has 20 heavy (non-hydrogen) atoms. The standard InChI is InChI=1S/C14H30N4O2/c1-15-14(16-6-4-3-5-11-19-2)17-7-8-18-9-12-20-13-10-18/h3-13H2,1-2H3,(H2,15,16,17). The van der Waals surface area contributed by atoms with Gasteiger partial charge in [-0.25, -0.2) is 0 Å². The van der Waals surface area contributed by atoms with Gasteiger partial charge >= 0.3 is 0 Å². The lowest BCUT2D eigenvalue weighted by Gasteiger charge is -2.26. The molecule has 1 heterocycles. The van der Waals surface area contributed by atoms with Crippen LogP contribution in [0.25, 0.3) is 0 Å². The van der Waals surface area contributed by atoms with Crippen molar-refractivity contribution in [3.8, 4) is 0 Å². The number of hydrogen-bond acceptors (Lipinski definition) is 4. The maximum Gasteiger partial charge on any atom is 0.191 e. The maximum atomic E-state index is 5.33. The van der Waals surface area contributed by atoms with E-state index in [-0.39, 0.29) is 0 Å². The van der Waals surface area contributed by atoms with Crippen molar-refractivity contribution in [1.82, 2.24) is 15.5 Å². The first-order valence-corrected chi connectivity index (χ1v) is 7.60. The molecule has 0 aliphatic carbocycles. The summed E-state index contributed by atoms with van der Waals surface area (Å²) in [5.41, 5.74) is 0. The first kappa shape index (κ1) is 17.2. The van der Waals surface area contributed by atoms with Crippen molar-refractivity contribution in [2.45, 2.75) is 19.3 Å². The summed E-state index contributed by atoms with van der Waals surface area (Å²) >= 11 is 0. The number of nitrogens with zero attached hydrogens (tertiary/aromatic N) is 2. The van der Waals surface area contributed by atoms with Crippen molar-refractivity contribution in [3.63, 3.8) is 0 Å². The highest BCUT2D eigenvalue weighted by molar-refractivity contribution is 5.79. The highest BCUT2D eigenvalue weighted by Gasteiger charge is 2.09. The number of aliphatic imine (C=N–C) groups is 1. The number of methoxy groups -OCH3 is 1. The minimum absolute atomic E-state index is 0.854. The average Bonchev–Trinajstić information content (AvgIpc) is 2.50. The molecule has 1 saturated heterocycles. The maximum absolute atomic E-state index is 5.33. The van der Waals surface area contributed by atoms with E-state index < -0.39 is 0 Å². The van der Waals surface area contributed by atoms with E-state index >= 15 is 0 Å². The SMILES string of the molecule is CN=C(NCCCCCOC)NCCN1CCOCC1. The van der Waals surface area contributed by atoms with Crippen molar-refractivity contribution in [3.05, 3.63) is 0 Å². The van der Waals surface area contributed by atoms with Crippen LogP contribution in [0.3, 0.4) is 0 Å². The number of morpholine rings is 1. The molecule has 1 aliphatic rings. The zero-order chi connectivity index (χ0) is 14.5. The Labute approximate surface area is 122 Å². The summed E-state index contributed by atoms with van der Waals surface area (Å²) < 4.78 is 10.4. The molecule has 1 rings (SSSR count). The van der Waals surface area contributed by atoms with Crippen LogP contribution in [0.15, 0.2) is 4.99 Å². The second-order valence-corrected chi connectivity index (χ2v) is 4.93. The Kier molecular flexibility index (Phi) is 10.3. The topological polar surface area (TPSA) is 58.1 Å². The minimum atomic E-state index is 0.854. The molecule has 0 atom stereocenters. The Morgan fingerprint density at radius 2 is 1.90 bits per heavy atom. The molecule has 0 amide bonds. The molecule has 118 valence electrons. The monoisotopic (exact) mass is 286 g/mol. The Morgan fingerprint density at radius 1 is 1.15 bits per heavy atom. The van der Waals surface area contributed by atoms with Gasteiger partial charge in [-0.15, -0.1) is 0 Å². The van der Waals surface area contributed by atoms with Gasteiger partial charge in [0, 0.05) is 53.5 Å². The summed E-state index contributed by atoms with van der Waals surface area (Å²) in [5, 5.41) is 6.69. The van der Waals surface area contributed by atoms with Crippen molar-refractivity contribution in [1.29, 1.82) is 0 Å². The lowest BCUT2D eigenvalue weighted by Crippen LogP contribution is -2.44. The van der Waals surface area contributed by atoms with Gasteiger partial charge in [0.25, 0.3) is 0 Å². The third-order valence-electron chi connectivity index (χ3n) is 3.37. The first-order valence-electron chi connectivity index (χ1n) is 7.60. The van der Waals surface area contributed by atoms with Gasteiger partial charge in [0.15, 0.2) is 5.96 Å². The fraction of sp³-hybridized carbons (Fsp3) is 0.929. The summed E-state index contributed by atoms with van der Waals surface area (Å²) in [4.78, 5) is 6.64. The van der Waals surface area contributed by atoms with Crippen LogP contribution in [0.1, 0.15) is 19.3 Å². The number of hydrogen-bond donors (Lipinski definition) is 2. The molecule has 2 N–H and O–H groups in total. The second kappa shape index (κ2) is 11.9. The number of rotatable bonds is 9. The van der Waals surface area contributed by atoms with E-state index in [1.54, 1.807) is 7.11 Å². The van der Waals surface area contributed by atoms with Gasteiger partial charge in [-0.3, -0.25) is 9.89 Å². The summed E-state index contributed by atoms with van der Waals surface area (Å²) in [6, 6.07) is 0. The molecular weight excluding hydrogens is 256 g/mol. The van der Waals surface area contributed by atoms with Crippen LogP contribution < -0.4 is 10.6 Å². The molecule has 6 heteroatoms. The normalized spacial score (nSPS) is 17.2. The third kappa shape index (κ3) is 8.35. The lowest BCUT2D eigenvalue weighted by molar-refractivity contribution is 0.0389. The van der Waals surface area contributed by atoms with E-state index in [9.17, 15) is 0 Å². The van der Waals surface area contributed by atoms with Gasteiger partial charge in [0.1, 0.15) is 0 Å². The highest BCUT2D eigenvalue weighted by Crippen LogP contribution is 1.95. The summed E-state index contributed by atoms with van der Waals surface area (Å²) in [5.74, 6) is 0.894. The number of nitrogens with one attached hydrogen (secondary N) is 2. The largest absolute Gasteiger partial charge is 0.385 e. The fourth-order valence-corrected chi connectivity index (χ4v) is 2.13. The molecule has 0 saturated carbocycles. The van der Waals surface area contributed by atoms with Crippen molar-refractivity contribution < 1.29 is 9.47 Å². The molecule has 6 nitrogen and oxygen atoms in total. The fourth-order valence-electron chi connectivity index (χ4n) is 2.13. The zero-order valence-corrected chi connectivity index (χ0v) is 13.0. The van der Waals surface area contributed by atoms with Gasteiger partial charge < -0.3 is 20.1 Å². The van der Waals surface area contributed by atoms with Crippen LogP contribution in [0.5, 0.6) is 0 Å². The van der Waals surface area contributed by atoms with E-state index in [1.807, 2.05) is 7.05 Å². The molecule has 0 spiro atoms. The summed E-state index contributed by atoms with van der Waals surface area (Å²) in [6.45, 7) is 7.55. The molecule has 0 radical (unpaired) electrons. The quantitative estimate of drug-likeness (QED) is 0.363. The lowest BCUT2D eigenvalue weighted by atomic mass is 10.2. The molecular formula is C14H30N4O2. The van der Waals surface area contributed by atoms with E-state index in [1.165, 1.54) is 6.42 Å². The Balaban J connectivity index is 1.98.